The Kier molecular flexibility index (Phi) is 5.95. The van der Waals surface area contributed by atoms with E-state index in [0.717, 1.165) is 22.0 Å². The van der Waals surface area contributed by atoms with E-state index in [4.69, 9.17) is 21.1 Å². The van der Waals surface area contributed by atoms with Gasteiger partial charge in [-0.3, -0.25) is 4.79 Å². The number of nitrogens with zero attached hydrogens (tertiary/aromatic N) is 1. The highest BCUT2D eigenvalue weighted by atomic mass is 35.5. The molecule has 0 aliphatic carbocycles. The molecular formula is C16H16Cl2N4O3. The van der Waals surface area contributed by atoms with Gasteiger partial charge in [0.05, 0.1) is 25.9 Å². The average molecular weight is 383 g/mol. The Hall–Kier alpha value is -2.64. The summed E-state index contributed by atoms with van der Waals surface area (Å²) in [6, 6.07) is 3.71. The zero-order valence-corrected chi connectivity index (χ0v) is 15.0. The van der Waals surface area contributed by atoms with Gasteiger partial charge in [0.1, 0.15) is 17.0 Å². The lowest BCUT2D eigenvalue weighted by Gasteiger charge is -2.00. The van der Waals surface area contributed by atoms with Crippen LogP contribution in [-0.4, -0.2) is 34.2 Å². The van der Waals surface area contributed by atoms with E-state index in [1.54, 1.807) is 39.0 Å². The average Bonchev–Trinajstić information content (AvgIpc) is 3.26. The Balaban J connectivity index is 0.000000173. The number of ether oxygens (including phenoxy) is 2. The highest BCUT2D eigenvalue weighted by Gasteiger charge is 2.06. The SMILES string of the molecule is COc1c[nH]c(=O)c2[nH]ccc12.COc1cnc(Cl)c2[nH]ccc12.Cl. The van der Waals surface area contributed by atoms with Gasteiger partial charge in [-0.1, -0.05) is 11.6 Å². The van der Waals surface area contributed by atoms with Crippen LogP contribution in [-0.2, 0) is 0 Å². The molecule has 0 spiro atoms. The zero-order valence-electron chi connectivity index (χ0n) is 13.4. The highest BCUT2D eigenvalue weighted by Crippen LogP contribution is 2.27. The summed E-state index contributed by atoms with van der Waals surface area (Å²) in [5.74, 6) is 1.40. The number of aromatic amines is 3. The van der Waals surface area contributed by atoms with E-state index < -0.39 is 0 Å². The molecule has 3 N–H and O–H groups in total. The Morgan fingerprint density at radius 2 is 1.56 bits per heavy atom. The number of rotatable bonds is 2. The molecule has 4 aromatic rings. The van der Waals surface area contributed by atoms with Crippen LogP contribution in [0.3, 0.4) is 0 Å². The van der Waals surface area contributed by atoms with Gasteiger partial charge in [0.15, 0.2) is 5.15 Å². The number of pyridine rings is 2. The highest BCUT2D eigenvalue weighted by molar-refractivity contribution is 6.34. The number of hydrogen-bond donors (Lipinski definition) is 3. The maximum absolute atomic E-state index is 11.2. The molecule has 0 amide bonds. The molecule has 7 nitrogen and oxygen atoms in total. The summed E-state index contributed by atoms with van der Waals surface area (Å²) in [6.45, 7) is 0. The van der Waals surface area contributed by atoms with Gasteiger partial charge < -0.3 is 24.4 Å². The van der Waals surface area contributed by atoms with Crippen molar-refractivity contribution in [2.45, 2.75) is 0 Å². The van der Waals surface area contributed by atoms with Gasteiger partial charge in [0.2, 0.25) is 0 Å². The number of methoxy groups -OCH3 is 2. The quantitative estimate of drug-likeness (QED) is 0.462. The third kappa shape index (κ3) is 3.57. The standard InChI is InChI=1S/C8H7ClN2O.C8H8N2O2.ClH/c1-12-6-4-11-8(9)7-5(6)2-3-10-7;1-12-6-4-10-8(11)7-5(6)2-3-9-7;/h2-4,10H,1H3;2-4,9H,1H3,(H,10,11);1H. The van der Waals surface area contributed by atoms with E-state index in [0.29, 0.717) is 16.4 Å². The first-order chi connectivity index (χ1) is 11.7. The van der Waals surface area contributed by atoms with E-state index in [9.17, 15) is 4.79 Å². The molecule has 0 radical (unpaired) electrons. The van der Waals surface area contributed by atoms with Crippen molar-refractivity contribution in [1.29, 1.82) is 0 Å². The van der Waals surface area contributed by atoms with Crippen LogP contribution in [0.2, 0.25) is 5.15 Å². The van der Waals surface area contributed by atoms with Crippen molar-refractivity contribution >= 4 is 45.8 Å². The number of hydrogen-bond acceptors (Lipinski definition) is 4. The Morgan fingerprint density at radius 1 is 0.960 bits per heavy atom. The normalized spacial score (nSPS) is 10.0. The van der Waals surface area contributed by atoms with Crippen molar-refractivity contribution in [2.75, 3.05) is 14.2 Å². The molecule has 132 valence electrons. The van der Waals surface area contributed by atoms with Crippen LogP contribution < -0.4 is 15.0 Å². The largest absolute Gasteiger partial charge is 0.495 e. The molecule has 4 aromatic heterocycles. The van der Waals surface area contributed by atoms with Gasteiger partial charge in [-0.05, 0) is 12.1 Å². The Morgan fingerprint density at radius 3 is 2.20 bits per heavy atom. The van der Waals surface area contributed by atoms with Crippen LogP contribution in [0.4, 0.5) is 0 Å². The minimum atomic E-state index is -0.129. The van der Waals surface area contributed by atoms with Gasteiger partial charge >= 0.3 is 0 Å². The first-order valence-corrected chi connectivity index (χ1v) is 7.42. The fourth-order valence-electron chi connectivity index (χ4n) is 2.37. The lowest BCUT2D eigenvalue weighted by atomic mass is 10.3. The molecule has 0 atom stereocenters. The van der Waals surface area contributed by atoms with Gasteiger partial charge in [-0.15, -0.1) is 12.4 Å². The van der Waals surface area contributed by atoms with E-state index >= 15 is 0 Å². The molecule has 25 heavy (non-hydrogen) atoms. The van der Waals surface area contributed by atoms with Crippen molar-refractivity contribution in [2.24, 2.45) is 0 Å². The van der Waals surface area contributed by atoms with Crippen LogP contribution in [0.15, 0.2) is 41.7 Å². The van der Waals surface area contributed by atoms with Crippen molar-refractivity contribution in [1.82, 2.24) is 19.9 Å². The van der Waals surface area contributed by atoms with Crippen molar-refractivity contribution < 1.29 is 9.47 Å². The van der Waals surface area contributed by atoms with Gasteiger partial charge in [-0.25, -0.2) is 4.98 Å². The predicted molar refractivity (Wildman–Crippen MR) is 100 cm³/mol. The number of nitrogens with one attached hydrogen (secondary N) is 3. The molecule has 9 heteroatoms. The maximum atomic E-state index is 11.2. The lowest BCUT2D eigenvalue weighted by Crippen LogP contribution is -2.05. The van der Waals surface area contributed by atoms with Gasteiger partial charge in [0.25, 0.3) is 5.56 Å². The second-order valence-corrected chi connectivity index (χ2v) is 5.19. The van der Waals surface area contributed by atoms with E-state index in [2.05, 4.69) is 19.9 Å². The van der Waals surface area contributed by atoms with E-state index in [1.165, 1.54) is 0 Å². The molecule has 0 bridgehead atoms. The van der Waals surface area contributed by atoms with Crippen LogP contribution in [0, 0.1) is 0 Å². The molecule has 0 unspecified atom stereocenters. The Labute approximate surface area is 153 Å². The minimum Gasteiger partial charge on any atom is -0.495 e. The monoisotopic (exact) mass is 382 g/mol. The maximum Gasteiger partial charge on any atom is 0.272 e. The molecule has 0 fully saturated rings. The summed E-state index contributed by atoms with van der Waals surface area (Å²) in [7, 11) is 3.18. The molecule has 0 aliphatic heterocycles. The summed E-state index contributed by atoms with van der Waals surface area (Å²) in [6.07, 6.45) is 6.68. The molecule has 4 heterocycles. The number of H-pyrrole nitrogens is 3. The lowest BCUT2D eigenvalue weighted by molar-refractivity contribution is 0.418. The molecular weight excluding hydrogens is 367 g/mol. The van der Waals surface area contributed by atoms with E-state index in [1.807, 2.05) is 12.1 Å². The number of halogens is 2. The summed E-state index contributed by atoms with van der Waals surface area (Å²) in [5, 5.41) is 2.23. The zero-order chi connectivity index (χ0) is 17.1. The van der Waals surface area contributed by atoms with Gasteiger partial charge in [-0.2, -0.15) is 0 Å². The summed E-state index contributed by atoms with van der Waals surface area (Å²) in [4.78, 5) is 23.5. The third-order valence-electron chi connectivity index (χ3n) is 3.53. The van der Waals surface area contributed by atoms with Crippen molar-refractivity contribution in [3.05, 3.63) is 52.4 Å². The van der Waals surface area contributed by atoms with Gasteiger partial charge in [0, 0.05) is 29.4 Å². The molecule has 0 saturated heterocycles. The first-order valence-electron chi connectivity index (χ1n) is 7.04. The summed E-state index contributed by atoms with van der Waals surface area (Å²) >= 11 is 5.83. The Bertz CT molecular complexity index is 1040. The second kappa shape index (κ2) is 7.96. The minimum absolute atomic E-state index is 0. The first kappa shape index (κ1) is 18.7. The van der Waals surface area contributed by atoms with Crippen molar-refractivity contribution in [3.8, 4) is 11.5 Å². The van der Waals surface area contributed by atoms with Crippen molar-refractivity contribution in [3.63, 3.8) is 0 Å². The third-order valence-corrected chi connectivity index (χ3v) is 3.81. The van der Waals surface area contributed by atoms with Crippen LogP contribution in [0.5, 0.6) is 11.5 Å². The summed E-state index contributed by atoms with van der Waals surface area (Å²) < 4.78 is 10.2. The van der Waals surface area contributed by atoms with Crippen LogP contribution >= 0.6 is 24.0 Å². The van der Waals surface area contributed by atoms with Crippen LogP contribution in [0.1, 0.15) is 0 Å². The topological polar surface area (TPSA) is 95.8 Å². The second-order valence-electron chi connectivity index (χ2n) is 4.84. The fraction of sp³-hybridized carbons (Fsp3) is 0.125. The number of aromatic nitrogens is 4. The van der Waals surface area contributed by atoms with Crippen LogP contribution in [0.25, 0.3) is 21.8 Å². The molecule has 0 aliphatic rings. The van der Waals surface area contributed by atoms with E-state index in [-0.39, 0.29) is 18.0 Å². The number of fused-ring (bicyclic) bond motifs is 2. The molecule has 0 aromatic carbocycles. The molecule has 0 saturated carbocycles. The predicted octanol–water partition coefficient (Wildman–Crippen LogP) is 3.51. The smallest absolute Gasteiger partial charge is 0.272 e. The summed E-state index contributed by atoms with van der Waals surface area (Å²) in [5.41, 5.74) is 1.24. The fourth-order valence-corrected chi connectivity index (χ4v) is 2.58. The molecule has 4 rings (SSSR count).